The van der Waals surface area contributed by atoms with Gasteiger partial charge in [0.15, 0.2) is 11.6 Å². The monoisotopic (exact) mass is 722 g/mol. The number of ether oxygens (including phenoxy) is 4. The fourth-order valence-electron chi connectivity index (χ4n) is 5.82. The molecule has 1 heterocycles. The Kier molecular flexibility index (Phi) is 12.4. The minimum atomic E-state index is -4.51. The Morgan fingerprint density at radius 3 is 2.31 bits per heavy atom. The zero-order chi connectivity index (χ0) is 36.1. The van der Waals surface area contributed by atoms with Crippen LogP contribution in [0.2, 0.25) is 5.02 Å². The Hall–Kier alpha value is -3.61. The van der Waals surface area contributed by atoms with Crippen LogP contribution in [-0.4, -0.2) is 69.8 Å². The van der Waals surface area contributed by atoms with Crippen molar-refractivity contribution >= 4 is 27.7 Å². The van der Waals surface area contributed by atoms with Crippen molar-refractivity contribution < 1.29 is 40.9 Å². The number of amides is 1. The van der Waals surface area contributed by atoms with Crippen molar-refractivity contribution in [1.29, 1.82) is 0 Å². The first-order valence-corrected chi connectivity index (χ1v) is 17.9. The van der Waals surface area contributed by atoms with Crippen LogP contribution in [0, 0.1) is 23.5 Å². The van der Waals surface area contributed by atoms with E-state index in [1.54, 1.807) is 56.0 Å². The molecule has 0 aromatic heterocycles. The largest absolute Gasteiger partial charge is 0.497 e. The Morgan fingerprint density at radius 1 is 1.00 bits per heavy atom. The van der Waals surface area contributed by atoms with Crippen molar-refractivity contribution in [3.63, 3.8) is 0 Å². The van der Waals surface area contributed by atoms with Gasteiger partial charge in [0, 0.05) is 60.9 Å². The smallest absolute Gasteiger partial charge is 0.410 e. The Morgan fingerprint density at radius 2 is 1.69 bits per heavy atom. The number of piperidine rings is 1. The summed E-state index contributed by atoms with van der Waals surface area (Å²) < 4.78 is 82.2. The zero-order valence-electron chi connectivity index (χ0n) is 29.0. The molecule has 0 bridgehead atoms. The third kappa shape index (κ3) is 9.76. The van der Waals surface area contributed by atoms with Gasteiger partial charge in [-0.15, -0.1) is 0 Å². The number of halogens is 3. The van der Waals surface area contributed by atoms with E-state index in [0.717, 1.165) is 15.9 Å². The lowest BCUT2D eigenvalue weighted by Crippen LogP contribution is -2.46. The van der Waals surface area contributed by atoms with Crippen LogP contribution in [0.25, 0.3) is 0 Å². The Labute approximate surface area is 293 Å². The highest BCUT2D eigenvalue weighted by Crippen LogP contribution is 2.36. The van der Waals surface area contributed by atoms with Crippen LogP contribution in [0.4, 0.5) is 13.6 Å². The number of carbonyl (C=O) groups is 1. The van der Waals surface area contributed by atoms with E-state index < -0.39 is 44.0 Å². The van der Waals surface area contributed by atoms with Crippen LogP contribution in [-0.2, 0) is 21.3 Å². The predicted molar refractivity (Wildman–Crippen MR) is 184 cm³/mol. The number of likely N-dealkylation sites (tertiary alicyclic amines) is 1. The Balaban J connectivity index is 1.59. The number of benzene rings is 3. The van der Waals surface area contributed by atoms with Crippen LogP contribution < -0.4 is 14.2 Å². The molecule has 1 aliphatic heterocycles. The molecule has 0 saturated carbocycles. The normalized spacial score (nSPS) is 16.9. The van der Waals surface area contributed by atoms with Crippen LogP contribution in [0.5, 0.6) is 17.2 Å². The van der Waals surface area contributed by atoms with E-state index in [1.165, 1.54) is 14.2 Å². The summed E-state index contributed by atoms with van der Waals surface area (Å²) in [7, 11) is -1.56. The van der Waals surface area contributed by atoms with Gasteiger partial charge in [-0.3, -0.25) is 0 Å². The summed E-state index contributed by atoms with van der Waals surface area (Å²) >= 11 is 6.11. The van der Waals surface area contributed by atoms with Crippen LogP contribution in [0.15, 0.2) is 59.5 Å². The van der Waals surface area contributed by atoms with Gasteiger partial charge in [0.1, 0.15) is 27.8 Å². The number of sulfonamides is 1. The first-order valence-electron chi connectivity index (χ1n) is 16.1. The molecular weight excluding hydrogens is 678 g/mol. The van der Waals surface area contributed by atoms with Crippen LogP contribution in [0.3, 0.4) is 0 Å². The first-order chi connectivity index (χ1) is 23.0. The van der Waals surface area contributed by atoms with Crippen molar-refractivity contribution in [1.82, 2.24) is 9.21 Å². The van der Waals surface area contributed by atoms with Gasteiger partial charge in [-0.05, 0) is 62.8 Å². The predicted octanol–water partition coefficient (Wildman–Crippen LogP) is 7.90. The van der Waals surface area contributed by atoms with E-state index in [9.17, 15) is 13.2 Å². The highest BCUT2D eigenvalue weighted by atomic mass is 35.5. The molecule has 2 atom stereocenters. The molecule has 0 spiro atoms. The van der Waals surface area contributed by atoms with E-state index in [-0.39, 0.29) is 44.0 Å². The van der Waals surface area contributed by atoms with E-state index in [2.05, 4.69) is 0 Å². The minimum absolute atomic E-state index is 0.0404. The van der Waals surface area contributed by atoms with Crippen molar-refractivity contribution in [2.24, 2.45) is 11.8 Å². The third-order valence-corrected chi connectivity index (χ3v) is 10.2. The van der Waals surface area contributed by atoms with Crippen molar-refractivity contribution in [3.05, 3.63) is 82.4 Å². The average Bonchev–Trinajstić information content (AvgIpc) is 3.04. The fraction of sp³-hybridized carbons (Fsp3) is 0.472. The molecule has 13 heteroatoms. The molecule has 268 valence electrons. The van der Waals surface area contributed by atoms with Crippen molar-refractivity contribution in [3.8, 4) is 17.2 Å². The second-order valence-electron chi connectivity index (χ2n) is 13.5. The molecule has 9 nitrogen and oxygen atoms in total. The van der Waals surface area contributed by atoms with Crippen molar-refractivity contribution in [2.75, 3.05) is 40.5 Å². The molecule has 49 heavy (non-hydrogen) atoms. The molecule has 0 aliphatic carbocycles. The molecule has 3 aromatic rings. The van der Waals surface area contributed by atoms with Gasteiger partial charge in [0.25, 0.3) is 0 Å². The first kappa shape index (κ1) is 38.2. The lowest BCUT2D eigenvalue weighted by Gasteiger charge is -2.39. The molecule has 0 N–H and O–H groups in total. The molecular formula is C36H45ClF2N2O7S. The van der Waals surface area contributed by atoms with Crippen molar-refractivity contribution in [2.45, 2.75) is 64.0 Å². The maximum Gasteiger partial charge on any atom is 0.410 e. The van der Waals surface area contributed by atoms with E-state index >= 15 is 8.78 Å². The number of hydrogen-bond acceptors (Lipinski definition) is 7. The molecule has 0 radical (unpaired) electrons. The summed E-state index contributed by atoms with van der Waals surface area (Å²) in [6, 6.07) is 13.7. The van der Waals surface area contributed by atoms with Crippen LogP contribution >= 0.6 is 11.6 Å². The maximum absolute atomic E-state index is 15.7. The zero-order valence-corrected chi connectivity index (χ0v) is 30.5. The lowest BCUT2D eigenvalue weighted by molar-refractivity contribution is 0.0110. The third-order valence-electron chi connectivity index (χ3n) is 8.15. The standard InChI is InChI=1S/C36H45ClF2N2O7S/c1-23(2)19-41(21-25-10-13-28(45-6)16-32(25)46-7)49(43,44)34-18-30(38)33(17-31(34)39)47-22-26-20-40(35(42)48-36(3,4)5)15-14-29(26)24-8-11-27(37)12-9-24/h8-13,16-18,23,26,29H,14-15,19-22H2,1-7H3/t26-,29?/m0/s1. The molecule has 1 fully saturated rings. The number of methoxy groups -OCH3 is 2. The average molecular weight is 723 g/mol. The van der Waals surface area contributed by atoms with E-state index in [0.29, 0.717) is 41.1 Å². The number of nitrogens with zero attached hydrogens (tertiary/aromatic N) is 2. The number of carbonyl (C=O) groups excluding carboxylic acids is 1. The summed E-state index contributed by atoms with van der Waals surface area (Å²) in [4.78, 5) is 13.7. The summed E-state index contributed by atoms with van der Waals surface area (Å²) in [5.74, 6) is -2.24. The quantitative estimate of drug-likeness (QED) is 0.188. The van der Waals surface area contributed by atoms with Gasteiger partial charge in [0.2, 0.25) is 10.0 Å². The highest BCUT2D eigenvalue weighted by Gasteiger charge is 2.36. The van der Waals surface area contributed by atoms with Gasteiger partial charge in [-0.2, -0.15) is 4.31 Å². The molecule has 1 aliphatic rings. The fourth-order valence-corrected chi connectivity index (χ4v) is 7.59. The van der Waals surface area contributed by atoms with Gasteiger partial charge in [0.05, 0.1) is 20.8 Å². The summed E-state index contributed by atoms with van der Waals surface area (Å²) in [5.41, 5.74) is 0.801. The summed E-state index contributed by atoms with van der Waals surface area (Å²) in [6.07, 6.45) is 0.102. The summed E-state index contributed by atoms with van der Waals surface area (Å²) in [6.45, 7) is 9.50. The number of hydrogen-bond donors (Lipinski definition) is 0. The van der Waals surface area contributed by atoms with E-state index in [1.807, 2.05) is 26.0 Å². The maximum atomic E-state index is 15.7. The Bertz CT molecular complexity index is 1720. The molecule has 4 rings (SSSR count). The molecule has 1 saturated heterocycles. The lowest BCUT2D eigenvalue weighted by atomic mass is 9.81. The minimum Gasteiger partial charge on any atom is -0.497 e. The molecule has 3 aromatic carbocycles. The molecule has 1 amide bonds. The van der Waals surface area contributed by atoms with Crippen LogP contribution in [0.1, 0.15) is 58.1 Å². The number of rotatable bonds is 12. The second-order valence-corrected chi connectivity index (χ2v) is 15.9. The molecule has 1 unspecified atom stereocenters. The second kappa shape index (κ2) is 15.9. The van der Waals surface area contributed by atoms with Gasteiger partial charge in [-0.25, -0.2) is 22.0 Å². The van der Waals surface area contributed by atoms with Gasteiger partial charge >= 0.3 is 6.09 Å². The highest BCUT2D eigenvalue weighted by molar-refractivity contribution is 7.89. The summed E-state index contributed by atoms with van der Waals surface area (Å²) in [5, 5.41) is 0.574. The van der Waals surface area contributed by atoms with E-state index in [4.69, 9.17) is 30.5 Å². The van der Waals surface area contributed by atoms with Gasteiger partial charge < -0.3 is 23.8 Å². The SMILES string of the molecule is COc1ccc(CN(CC(C)C)S(=O)(=O)c2cc(F)c(OC[C@@H]3CN(C(=O)OC(C)(C)C)CCC3c3ccc(Cl)cc3)cc2F)c(OC)c1. The van der Waals surface area contributed by atoms with Gasteiger partial charge in [-0.1, -0.05) is 43.6 Å². The topological polar surface area (TPSA) is 94.6 Å².